The van der Waals surface area contributed by atoms with E-state index in [-0.39, 0.29) is 39.6 Å². The Kier molecular flexibility index (Phi) is 7.20. The van der Waals surface area contributed by atoms with Crippen LogP contribution in [0.4, 0.5) is 30.4 Å². The van der Waals surface area contributed by atoms with Gasteiger partial charge < -0.3 is 11.1 Å². The van der Waals surface area contributed by atoms with Gasteiger partial charge in [0.15, 0.2) is 23.3 Å². The largest absolute Gasteiger partial charge is 0.366 e. The average molecular weight is 508 g/mol. The molecule has 11 heteroatoms. The van der Waals surface area contributed by atoms with Gasteiger partial charge in [0.05, 0.1) is 22.0 Å². The van der Waals surface area contributed by atoms with Gasteiger partial charge in [0.25, 0.3) is 5.91 Å². The Bertz CT molecular complexity index is 1260. The van der Waals surface area contributed by atoms with Gasteiger partial charge in [0.1, 0.15) is 0 Å². The number of hydrogen-bond donors (Lipinski definition) is 4. The first-order valence-electron chi connectivity index (χ1n) is 10.4. The fourth-order valence-electron chi connectivity index (χ4n) is 3.24. The second-order valence-electron chi connectivity index (χ2n) is 7.96. The molecule has 4 rings (SSSR count). The molecular weight excluding hydrogens is 487 g/mol. The molecule has 178 valence electrons. The molecule has 0 spiro atoms. The van der Waals surface area contributed by atoms with Crippen molar-refractivity contribution in [1.82, 2.24) is 9.71 Å². The number of halogens is 4. The molecule has 1 aliphatic carbocycles. The fraction of sp³-hybridized carbons (Fsp3) is 0.217. The van der Waals surface area contributed by atoms with Gasteiger partial charge in [-0.05, 0) is 60.7 Å². The number of hydrogen-bond acceptors (Lipinski definition) is 6. The number of aromatic nitrogens is 1. The Balaban J connectivity index is 1.63. The van der Waals surface area contributed by atoms with E-state index in [1.165, 1.54) is 12.3 Å². The molecule has 1 amide bonds. The van der Waals surface area contributed by atoms with Crippen molar-refractivity contribution in [3.8, 4) is 0 Å². The number of carbonyl (C=O) groups excluding carboxylic acids is 1. The molecule has 3 aromatic rings. The maximum atomic E-state index is 15.1. The second kappa shape index (κ2) is 10.1. The summed E-state index contributed by atoms with van der Waals surface area (Å²) in [6, 6.07) is 7.78. The van der Waals surface area contributed by atoms with Crippen LogP contribution in [0.1, 0.15) is 39.9 Å². The minimum absolute atomic E-state index is 0.0426. The van der Waals surface area contributed by atoms with E-state index in [1.807, 2.05) is 6.92 Å². The molecule has 1 aromatic heterocycles. The predicted molar refractivity (Wildman–Crippen MR) is 129 cm³/mol. The zero-order valence-corrected chi connectivity index (χ0v) is 19.6. The van der Waals surface area contributed by atoms with Crippen molar-refractivity contribution in [2.45, 2.75) is 32.2 Å². The van der Waals surface area contributed by atoms with Crippen molar-refractivity contribution >= 4 is 46.8 Å². The van der Waals surface area contributed by atoms with Crippen LogP contribution in [0.5, 0.6) is 0 Å². The lowest BCUT2D eigenvalue weighted by Crippen LogP contribution is -2.17. The summed E-state index contributed by atoms with van der Waals surface area (Å²) in [5, 5.41) is 2.91. The minimum atomic E-state index is -1.32. The van der Waals surface area contributed by atoms with Crippen LogP contribution in [-0.2, 0) is 6.42 Å². The lowest BCUT2D eigenvalue weighted by Gasteiger charge is -2.16. The molecule has 0 bridgehead atoms. The van der Waals surface area contributed by atoms with Gasteiger partial charge in [0.2, 0.25) is 0 Å². The Morgan fingerprint density at radius 3 is 2.59 bits per heavy atom. The number of aryl methyl sites for hydroxylation is 1. The Morgan fingerprint density at radius 1 is 1.15 bits per heavy atom. The first-order valence-corrected chi connectivity index (χ1v) is 11.6. The molecule has 1 aliphatic rings. The van der Waals surface area contributed by atoms with E-state index in [0.29, 0.717) is 6.04 Å². The average Bonchev–Trinajstić information content (AvgIpc) is 3.61. The van der Waals surface area contributed by atoms with E-state index in [4.69, 9.17) is 17.3 Å². The number of primary amides is 1. The van der Waals surface area contributed by atoms with E-state index >= 15 is 8.78 Å². The van der Waals surface area contributed by atoms with E-state index in [1.54, 1.807) is 18.2 Å². The minimum Gasteiger partial charge on any atom is -0.366 e. The molecule has 1 fully saturated rings. The van der Waals surface area contributed by atoms with Crippen LogP contribution in [0.3, 0.4) is 0 Å². The molecule has 0 aliphatic heterocycles. The molecular formula is C23H21ClF3N5OS. The molecule has 0 saturated heterocycles. The number of nitrogens with zero attached hydrogens (tertiary/aromatic N) is 1. The number of nitrogens with one attached hydrogen (secondary N) is 3. The summed E-state index contributed by atoms with van der Waals surface area (Å²) in [6.07, 6.45) is 3.15. The van der Waals surface area contributed by atoms with E-state index < -0.39 is 29.0 Å². The van der Waals surface area contributed by atoms with Crippen molar-refractivity contribution in [3.63, 3.8) is 0 Å². The van der Waals surface area contributed by atoms with E-state index in [9.17, 15) is 9.18 Å². The molecule has 5 N–H and O–H groups in total. The monoisotopic (exact) mass is 507 g/mol. The highest BCUT2D eigenvalue weighted by molar-refractivity contribution is 7.98. The molecule has 34 heavy (non-hydrogen) atoms. The molecule has 1 heterocycles. The third kappa shape index (κ3) is 5.40. The van der Waals surface area contributed by atoms with Crippen molar-refractivity contribution in [3.05, 3.63) is 81.3 Å². The van der Waals surface area contributed by atoms with Crippen molar-refractivity contribution < 1.29 is 18.0 Å². The zero-order valence-electron chi connectivity index (χ0n) is 18.0. The molecule has 2 aromatic carbocycles. The summed E-state index contributed by atoms with van der Waals surface area (Å²) < 4.78 is 50.9. The summed E-state index contributed by atoms with van der Waals surface area (Å²) in [7, 11) is 0. The summed E-state index contributed by atoms with van der Waals surface area (Å²) in [6.45, 7) is 1.82. The number of carbonyl (C=O) groups is 1. The van der Waals surface area contributed by atoms with E-state index in [0.717, 1.165) is 36.6 Å². The Morgan fingerprint density at radius 2 is 1.91 bits per heavy atom. The Labute approximate surface area is 203 Å². The maximum absolute atomic E-state index is 15.1. The quantitative estimate of drug-likeness (QED) is 0.281. The van der Waals surface area contributed by atoms with Gasteiger partial charge in [0, 0.05) is 30.8 Å². The van der Waals surface area contributed by atoms with Gasteiger partial charge in [-0.3, -0.25) is 9.52 Å². The number of anilines is 3. The Hall–Kier alpha value is -2.95. The maximum Gasteiger partial charge on any atom is 0.250 e. The third-order valence-electron chi connectivity index (χ3n) is 5.23. The molecule has 6 nitrogen and oxygen atoms in total. The smallest absolute Gasteiger partial charge is 0.250 e. The highest BCUT2D eigenvalue weighted by Crippen LogP contribution is 2.33. The number of rotatable bonds is 9. The van der Waals surface area contributed by atoms with Gasteiger partial charge in [-0.2, -0.15) is 0 Å². The lowest BCUT2D eigenvalue weighted by molar-refractivity contribution is 0.100. The van der Waals surface area contributed by atoms with Gasteiger partial charge in [-0.25, -0.2) is 22.9 Å². The third-order valence-corrected chi connectivity index (χ3v) is 6.29. The fourth-order valence-corrected chi connectivity index (χ4v) is 4.22. The van der Waals surface area contributed by atoms with Crippen LogP contribution in [-0.4, -0.2) is 16.9 Å². The van der Waals surface area contributed by atoms with Crippen molar-refractivity contribution in [2.75, 3.05) is 10.0 Å². The first kappa shape index (κ1) is 24.2. The number of pyridine rings is 1. The normalized spacial score (nSPS) is 13.1. The number of benzene rings is 2. The van der Waals surface area contributed by atoms with Crippen LogP contribution >= 0.6 is 23.7 Å². The predicted octanol–water partition coefficient (Wildman–Crippen LogP) is 5.62. The van der Waals surface area contributed by atoms with Crippen LogP contribution in [0.25, 0.3) is 0 Å². The van der Waals surface area contributed by atoms with Gasteiger partial charge >= 0.3 is 0 Å². The summed E-state index contributed by atoms with van der Waals surface area (Å²) >= 11 is 7.28. The van der Waals surface area contributed by atoms with Gasteiger partial charge in [-0.1, -0.05) is 17.7 Å². The van der Waals surface area contributed by atoms with Crippen LogP contribution < -0.4 is 20.5 Å². The number of amides is 1. The topological polar surface area (TPSA) is 92.1 Å². The van der Waals surface area contributed by atoms with Crippen LogP contribution in [0.15, 0.2) is 36.5 Å². The second-order valence-corrected chi connectivity index (χ2v) is 9.02. The molecule has 0 radical (unpaired) electrons. The summed E-state index contributed by atoms with van der Waals surface area (Å²) in [4.78, 5) is 16.0. The highest BCUT2D eigenvalue weighted by Gasteiger charge is 2.24. The van der Waals surface area contributed by atoms with Crippen molar-refractivity contribution in [2.24, 2.45) is 5.73 Å². The van der Waals surface area contributed by atoms with Crippen LogP contribution in [0, 0.1) is 24.4 Å². The molecule has 0 unspecified atom stereocenters. The first-order chi connectivity index (χ1) is 16.2. The SMILES string of the molecule is Cc1ccc(Nc2c(C(N)=O)cc(Cc3ccnc(NSNC4CC4)c3F)c(F)c2F)c(Cl)c1. The zero-order chi connectivity index (χ0) is 24.4. The lowest BCUT2D eigenvalue weighted by atomic mass is 10.00. The van der Waals surface area contributed by atoms with Crippen molar-refractivity contribution in [1.29, 1.82) is 0 Å². The van der Waals surface area contributed by atoms with Gasteiger partial charge in [-0.15, -0.1) is 0 Å². The standard InChI is InChI=1S/C23H21ClF3N5OS/c1-11-2-5-17(16(24)8-11)30-21-15(22(28)33)10-13(18(25)20(21)27)9-12-6-7-29-23(19(12)26)32-34-31-14-3-4-14/h2,5-8,10,14,30-31H,3-4,9H2,1H3,(H2,28,33)(H,29,32). The van der Waals surface area contributed by atoms with E-state index in [2.05, 4.69) is 19.7 Å². The molecule has 1 saturated carbocycles. The molecule has 0 atom stereocenters. The summed E-state index contributed by atoms with van der Waals surface area (Å²) in [5.74, 6) is -4.28. The summed E-state index contributed by atoms with van der Waals surface area (Å²) in [5.41, 5.74) is 5.69. The van der Waals surface area contributed by atoms with Crippen LogP contribution in [0.2, 0.25) is 5.02 Å². The highest BCUT2D eigenvalue weighted by atomic mass is 35.5. The number of nitrogens with two attached hydrogens (primary N) is 1.